The van der Waals surface area contributed by atoms with E-state index in [0.717, 1.165) is 31.9 Å². The molecule has 1 aliphatic rings. The lowest BCUT2D eigenvalue weighted by Gasteiger charge is -2.38. The van der Waals surface area contributed by atoms with Crippen LogP contribution in [0.15, 0.2) is 24.3 Å². The van der Waals surface area contributed by atoms with Gasteiger partial charge in [-0.3, -0.25) is 4.90 Å². The Morgan fingerprint density at radius 2 is 2.37 bits per heavy atom. The molecule has 0 bridgehead atoms. The number of morpholine rings is 1. The van der Waals surface area contributed by atoms with E-state index < -0.39 is 0 Å². The van der Waals surface area contributed by atoms with E-state index in [-0.39, 0.29) is 6.04 Å². The zero-order valence-corrected chi connectivity index (χ0v) is 11.8. The van der Waals surface area contributed by atoms with Gasteiger partial charge in [0, 0.05) is 25.7 Å². The van der Waals surface area contributed by atoms with Crippen molar-refractivity contribution in [2.24, 2.45) is 5.73 Å². The Morgan fingerprint density at radius 1 is 1.53 bits per heavy atom. The molecule has 1 aliphatic heterocycles. The van der Waals surface area contributed by atoms with Crippen molar-refractivity contribution in [1.82, 2.24) is 4.90 Å². The number of rotatable bonds is 5. The summed E-state index contributed by atoms with van der Waals surface area (Å²) in [5, 5.41) is 0. The molecule has 1 saturated heterocycles. The average Bonchev–Trinajstić information content (AvgIpc) is 2.48. The average molecular weight is 264 g/mol. The van der Waals surface area contributed by atoms with Crippen LogP contribution >= 0.6 is 0 Å². The molecule has 0 radical (unpaired) electrons. The number of nitrogens with two attached hydrogens (primary N) is 1. The quantitative estimate of drug-likeness (QED) is 0.881. The summed E-state index contributed by atoms with van der Waals surface area (Å²) in [6.45, 7) is 5.46. The lowest BCUT2D eigenvalue weighted by atomic mass is 10.0. The summed E-state index contributed by atoms with van der Waals surface area (Å²) in [6.07, 6.45) is 1.37. The first-order valence-corrected chi connectivity index (χ1v) is 6.98. The van der Waals surface area contributed by atoms with Crippen molar-refractivity contribution in [2.75, 3.05) is 33.4 Å². The van der Waals surface area contributed by atoms with E-state index in [1.165, 1.54) is 5.56 Å². The van der Waals surface area contributed by atoms with Gasteiger partial charge in [-0.1, -0.05) is 19.1 Å². The zero-order valence-electron chi connectivity index (χ0n) is 11.8. The van der Waals surface area contributed by atoms with Crippen LogP contribution in [-0.4, -0.2) is 44.4 Å². The summed E-state index contributed by atoms with van der Waals surface area (Å²) in [5.74, 6) is 0.885. The van der Waals surface area contributed by atoms with Crippen LogP contribution in [0, 0.1) is 0 Å². The Labute approximate surface area is 115 Å². The van der Waals surface area contributed by atoms with Crippen LogP contribution < -0.4 is 10.5 Å². The van der Waals surface area contributed by atoms with Gasteiger partial charge in [0.2, 0.25) is 0 Å². The van der Waals surface area contributed by atoms with Gasteiger partial charge in [0.25, 0.3) is 0 Å². The van der Waals surface area contributed by atoms with Crippen LogP contribution in [0.5, 0.6) is 5.75 Å². The Hall–Kier alpha value is -1.10. The summed E-state index contributed by atoms with van der Waals surface area (Å²) < 4.78 is 11.0. The second-order valence-corrected chi connectivity index (χ2v) is 4.92. The standard InChI is InChI=1S/C15H24N2O2/c1-3-13-11-17(7-8-19-13)15(10-16)12-5-4-6-14(9-12)18-2/h4-6,9,13,15H,3,7-8,10-11,16H2,1-2H3. The molecule has 2 rings (SSSR count). The number of hydrogen-bond donors (Lipinski definition) is 1. The Morgan fingerprint density at radius 3 is 3.05 bits per heavy atom. The van der Waals surface area contributed by atoms with Crippen molar-refractivity contribution >= 4 is 0 Å². The third-order valence-electron chi connectivity index (χ3n) is 3.77. The number of nitrogens with zero attached hydrogens (tertiary/aromatic N) is 1. The van der Waals surface area contributed by atoms with Crippen LogP contribution in [0.4, 0.5) is 0 Å². The molecule has 1 fully saturated rings. The molecular formula is C15H24N2O2. The van der Waals surface area contributed by atoms with Crippen LogP contribution in [-0.2, 0) is 4.74 Å². The van der Waals surface area contributed by atoms with Crippen molar-refractivity contribution in [1.29, 1.82) is 0 Å². The molecule has 1 heterocycles. The lowest BCUT2D eigenvalue weighted by Crippen LogP contribution is -2.46. The SMILES string of the molecule is CCC1CN(C(CN)c2cccc(OC)c2)CCO1. The Balaban J connectivity index is 2.13. The fourth-order valence-corrected chi connectivity index (χ4v) is 2.62. The molecule has 0 amide bonds. The maximum Gasteiger partial charge on any atom is 0.119 e. The number of ether oxygens (including phenoxy) is 2. The third-order valence-corrected chi connectivity index (χ3v) is 3.77. The van der Waals surface area contributed by atoms with E-state index in [4.69, 9.17) is 15.2 Å². The second kappa shape index (κ2) is 6.89. The molecule has 19 heavy (non-hydrogen) atoms. The summed E-state index contributed by atoms with van der Waals surface area (Å²) in [5.41, 5.74) is 7.21. The molecule has 2 atom stereocenters. The van der Waals surface area contributed by atoms with Gasteiger partial charge in [0.15, 0.2) is 0 Å². The highest BCUT2D eigenvalue weighted by atomic mass is 16.5. The summed E-state index contributed by atoms with van der Waals surface area (Å²) in [6, 6.07) is 8.43. The van der Waals surface area contributed by atoms with Crippen LogP contribution in [0.3, 0.4) is 0 Å². The van der Waals surface area contributed by atoms with E-state index >= 15 is 0 Å². The van der Waals surface area contributed by atoms with Gasteiger partial charge in [-0.05, 0) is 24.1 Å². The molecule has 1 aromatic rings. The first-order valence-electron chi connectivity index (χ1n) is 6.98. The highest BCUT2D eigenvalue weighted by molar-refractivity contribution is 5.30. The van der Waals surface area contributed by atoms with Crippen molar-refractivity contribution in [3.05, 3.63) is 29.8 Å². The van der Waals surface area contributed by atoms with Gasteiger partial charge in [-0.2, -0.15) is 0 Å². The third kappa shape index (κ3) is 3.47. The minimum atomic E-state index is 0.244. The Bertz CT molecular complexity index is 397. The Kier molecular flexibility index (Phi) is 5.19. The van der Waals surface area contributed by atoms with Crippen molar-refractivity contribution < 1.29 is 9.47 Å². The molecule has 0 saturated carbocycles. The summed E-state index contributed by atoms with van der Waals surface area (Å²) in [7, 11) is 1.69. The smallest absolute Gasteiger partial charge is 0.119 e. The minimum Gasteiger partial charge on any atom is -0.497 e. The molecule has 0 aromatic heterocycles. The first-order chi connectivity index (χ1) is 9.28. The van der Waals surface area contributed by atoms with Gasteiger partial charge in [-0.25, -0.2) is 0 Å². The van der Waals surface area contributed by atoms with E-state index in [1.54, 1.807) is 7.11 Å². The van der Waals surface area contributed by atoms with Crippen molar-refractivity contribution in [3.8, 4) is 5.75 Å². The van der Waals surface area contributed by atoms with Gasteiger partial charge in [-0.15, -0.1) is 0 Å². The van der Waals surface area contributed by atoms with Gasteiger partial charge in [0.1, 0.15) is 5.75 Å². The fraction of sp³-hybridized carbons (Fsp3) is 0.600. The molecule has 4 heteroatoms. The second-order valence-electron chi connectivity index (χ2n) is 4.92. The highest BCUT2D eigenvalue weighted by Gasteiger charge is 2.25. The van der Waals surface area contributed by atoms with Crippen molar-refractivity contribution in [2.45, 2.75) is 25.5 Å². The zero-order chi connectivity index (χ0) is 13.7. The van der Waals surface area contributed by atoms with Crippen LogP contribution in [0.1, 0.15) is 24.9 Å². The van der Waals surface area contributed by atoms with E-state index in [2.05, 4.69) is 24.0 Å². The van der Waals surface area contributed by atoms with Crippen LogP contribution in [0.2, 0.25) is 0 Å². The maximum atomic E-state index is 5.99. The molecule has 1 aromatic carbocycles. The predicted octanol–water partition coefficient (Wildman–Crippen LogP) is 1.81. The molecule has 0 spiro atoms. The summed E-state index contributed by atoms with van der Waals surface area (Å²) >= 11 is 0. The molecular weight excluding hydrogens is 240 g/mol. The first kappa shape index (κ1) is 14.3. The van der Waals surface area contributed by atoms with E-state index in [9.17, 15) is 0 Å². The highest BCUT2D eigenvalue weighted by Crippen LogP contribution is 2.25. The predicted molar refractivity (Wildman–Crippen MR) is 76.4 cm³/mol. The van der Waals surface area contributed by atoms with Crippen LogP contribution in [0.25, 0.3) is 0 Å². The molecule has 2 unspecified atom stereocenters. The topological polar surface area (TPSA) is 47.7 Å². The summed E-state index contributed by atoms with van der Waals surface area (Å²) in [4.78, 5) is 2.42. The van der Waals surface area contributed by atoms with Gasteiger partial charge >= 0.3 is 0 Å². The maximum absolute atomic E-state index is 5.99. The van der Waals surface area contributed by atoms with Gasteiger partial charge < -0.3 is 15.2 Å². The number of hydrogen-bond acceptors (Lipinski definition) is 4. The van der Waals surface area contributed by atoms with E-state index in [1.807, 2.05) is 12.1 Å². The molecule has 2 N–H and O–H groups in total. The molecule has 4 nitrogen and oxygen atoms in total. The lowest BCUT2D eigenvalue weighted by molar-refractivity contribution is -0.0437. The molecule has 106 valence electrons. The number of benzene rings is 1. The minimum absolute atomic E-state index is 0.244. The molecule has 0 aliphatic carbocycles. The van der Waals surface area contributed by atoms with Gasteiger partial charge in [0.05, 0.1) is 19.8 Å². The van der Waals surface area contributed by atoms with Crippen molar-refractivity contribution in [3.63, 3.8) is 0 Å². The monoisotopic (exact) mass is 264 g/mol. The largest absolute Gasteiger partial charge is 0.497 e. The van der Waals surface area contributed by atoms with E-state index in [0.29, 0.717) is 12.6 Å². The number of methoxy groups -OCH3 is 1. The normalized spacial score (nSPS) is 22.2. The fourth-order valence-electron chi connectivity index (χ4n) is 2.62.